The average Bonchev–Trinajstić information content (AvgIpc) is 3.44. The molecule has 0 radical (unpaired) electrons. The minimum Gasteiger partial charge on any atom is -0.439 e. The first kappa shape index (κ1) is 17.7. The predicted octanol–water partition coefficient (Wildman–Crippen LogP) is 4.77. The Kier molecular flexibility index (Phi) is 4.62. The molecule has 1 saturated heterocycles. The molecular weight excluding hydrogens is 366 g/mol. The lowest BCUT2D eigenvalue weighted by Gasteiger charge is -2.15. The molecule has 0 spiro atoms. The maximum absolute atomic E-state index is 12.8. The van der Waals surface area contributed by atoms with E-state index in [1.54, 1.807) is 30.5 Å². The van der Waals surface area contributed by atoms with E-state index in [9.17, 15) is 4.79 Å². The third-order valence-electron chi connectivity index (χ3n) is 5.22. The molecule has 5 rings (SSSR count). The van der Waals surface area contributed by atoms with Gasteiger partial charge in [-0.25, -0.2) is 4.98 Å². The summed E-state index contributed by atoms with van der Waals surface area (Å²) >= 11 is 0. The number of fused-ring (bicyclic) bond motifs is 1. The van der Waals surface area contributed by atoms with Crippen LogP contribution in [0.4, 0.5) is 11.4 Å². The zero-order valence-electron chi connectivity index (χ0n) is 15.8. The maximum Gasteiger partial charge on any atom is 0.225 e. The van der Waals surface area contributed by atoms with E-state index >= 15 is 0 Å². The Hall–Kier alpha value is -3.38. The third kappa shape index (κ3) is 3.54. The second-order valence-corrected chi connectivity index (χ2v) is 7.16. The second-order valence-electron chi connectivity index (χ2n) is 7.16. The van der Waals surface area contributed by atoms with Gasteiger partial charge in [0.2, 0.25) is 11.7 Å². The number of rotatable bonds is 5. The lowest BCUT2D eigenvalue weighted by Crippen LogP contribution is -2.32. The number of carbonyl (C=O) groups is 1. The van der Waals surface area contributed by atoms with Crippen LogP contribution in [0.3, 0.4) is 0 Å². The van der Waals surface area contributed by atoms with Crippen LogP contribution in [0, 0.1) is 0 Å². The SMILES string of the molecule is O=C(c1ccc(Oc2ncccc2C2CCCO2)cc1)C1Nc2ccccc2N1. The molecule has 0 aliphatic carbocycles. The first-order valence-electron chi connectivity index (χ1n) is 9.79. The minimum absolute atomic E-state index is 0.0226. The monoisotopic (exact) mass is 387 g/mol. The molecule has 2 aliphatic rings. The van der Waals surface area contributed by atoms with Crippen LogP contribution < -0.4 is 15.4 Å². The fraction of sp³-hybridized carbons (Fsp3) is 0.217. The Balaban J connectivity index is 1.30. The van der Waals surface area contributed by atoms with Crippen LogP contribution >= 0.6 is 0 Å². The molecule has 3 heterocycles. The number of hydrogen-bond acceptors (Lipinski definition) is 6. The molecule has 2 aliphatic heterocycles. The molecule has 6 nitrogen and oxygen atoms in total. The number of aromatic nitrogens is 1. The molecule has 1 atom stereocenters. The highest BCUT2D eigenvalue weighted by atomic mass is 16.5. The fourth-order valence-corrected chi connectivity index (χ4v) is 3.74. The number of nitrogens with one attached hydrogen (secondary N) is 2. The van der Waals surface area contributed by atoms with Crippen molar-refractivity contribution >= 4 is 17.2 Å². The minimum atomic E-state index is -0.471. The molecule has 2 N–H and O–H groups in total. The van der Waals surface area contributed by atoms with Crippen LogP contribution in [0.25, 0.3) is 0 Å². The van der Waals surface area contributed by atoms with Gasteiger partial charge in [-0.1, -0.05) is 12.1 Å². The molecule has 0 amide bonds. The van der Waals surface area contributed by atoms with E-state index in [0.29, 0.717) is 17.2 Å². The Morgan fingerprint density at radius 3 is 2.45 bits per heavy atom. The summed E-state index contributed by atoms with van der Waals surface area (Å²) in [4.78, 5) is 17.2. The Bertz CT molecular complexity index is 1000. The van der Waals surface area contributed by atoms with E-state index < -0.39 is 6.17 Å². The largest absolute Gasteiger partial charge is 0.439 e. The van der Waals surface area contributed by atoms with E-state index in [4.69, 9.17) is 9.47 Å². The number of hydrogen-bond donors (Lipinski definition) is 2. The summed E-state index contributed by atoms with van der Waals surface area (Å²) in [6, 6.07) is 18.8. The van der Waals surface area contributed by atoms with Crippen LogP contribution in [0.5, 0.6) is 11.6 Å². The van der Waals surface area contributed by atoms with Crippen LogP contribution in [-0.4, -0.2) is 23.5 Å². The highest BCUT2D eigenvalue weighted by Gasteiger charge is 2.26. The van der Waals surface area contributed by atoms with Crippen molar-refractivity contribution in [2.24, 2.45) is 0 Å². The molecule has 146 valence electrons. The number of carbonyl (C=O) groups excluding carboxylic acids is 1. The van der Waals surface area contributed by atoms with E-state index in [-0.39, 0.29) is 11.9 Å². The number of anilines is 2. The van der Waals surface area contributed by atoms with Gasteiger partial charge in [0.15, 0.2) is 6.17 Å². The van der Waals surface area contributed by atoms with Crippen molar-refractivity contribution in [3.8, 4) is 11.6 Å². The summed E-state index contributed by atoms with van der Waals surface area (Å²) < 4.78 is 11.8. The molecule has 2 aromatic carbocycles. The first-order chi connectivity index (χ1) is 14.3. The molecule has 1 unspecified atom stereocenters. The lowest BCUT2D eigenvalue weighted by molar-refractivity contribution is 0.0980. The van der Waals surface area contributed by atoms with Gasteiger partial charge in [0.1, 0.15) is 5.75 Å². The van der Waals surface area contributed by atoms with Gasteiger partial charge in [0.25, 0.3) is 0 Å². The van der Waals surface area contributed by atoms with Crippen molar-refractivity contribution in [2.75, 3.05) is 17.2 Å². The molecule has 0 saturated carbocycles. The van der Waals surface area contributed by atoms with Crippen molar-refractivity contribution < 1.29 is 14.3 Å². The van der Waals surface area contributed by atoms with Crippen molar-refractivity contribution in [3.05, 3.63) is 78.0 Å². The normalized spacial score (nSPS) is 18.0. The van der Waals surface area contributed by atoms with E-state index in [0.717, 1.165) is 36.4 Å². The zero-order valence-corrected chi connectivity index (χ0v) is 15.8. The molecular formula is C23H21N3O3. The number of nitrogens with zero attached hydrogens (tertiary/aromatic N) is 1. The van der Waals surface area contributed by atoms with Gasteiger partial charge in [-0.05, 0) is 61.4 Å². The summed E-state index contributed by atoms with van der Waals surface area (Å²) in [5, 5.41) is 6.42. The zero-order chi connectivity index (χ0) is 19.6. The number of ketones is 1. The standard InChI is InChI=1S/C23H21N3O3/c27-21(22-25-18-6-1-2-7-19(18)26-22)15-9-11-16(12-10-15)29-23-17(5-3-13-24-23)20-8-4-14-28-20/h1-3,5-7,9-13,20,22,25-26H,4,8,14H2. The van der Waals surface area contributed by atoms with Crippen molar-refractivity contribution in [1.29, 1.82) is 0 Å². The Labute approximate surface area is 168 Å². The number of benzene rings is 2. The van der Waals surface area contributed by atoms with Crippen LogP contribution in [0.2, 0.25) is 0 Å². The maximum atomic E-state index is 12.8. The molecule has 3 aromatic rings. The van der Waals surface area contributed by atoms with Gasteiger partial charge in [-0.2, -0.15) is 0 Å². The van der Waals surface area contributed by atoms with Gasteiger partial charge in [0, 0.05) is 23.9 Å². The smallest absolute Gasteiger partial charge is 0.225 e. The summed E-state index contributed by atoms with van der Waals surface area (Å²) in [6.45, 7) is 0.767. The van der Waals surface area contributed by atoms with E-state index in [2.05, 4.69) is 15.6 Å². The highest BCUT2D eigenvalue weighted by Crippen LogP contribution is 2.35. The van der Waals surface area contributed by atoms with E-state index in [1.807, 2.05) is 36.4 Å². The van der Waals surface area contributed by atoms with Crippen LogP contribution in [0.15, 0.2) is 66.9 Å². The van der Waals surface area contributed by atoms with Gasteiger partial charge in [0.05, 0.1) is 17.5 Å². The third-order valence-corrected chi connectivity index (χ3v) is 5.22. The summed E-state index contributed by atoms with van der Waals surface area (Å²) in [7, 11) is 0. The summed E-state index contributed by atoms with van der Waals surface area (Å²) in [6.07, 6.45) is 3.28. The van der Waals surface area contributed by atoms with Gasteiger partial charge in [-0.3, -0.25) is 4.79 Å². The first-order valence-corrected chi connectivity index (χ1v) is 9.79. The number of ether oxygens (including phenoxy) is 2. The Morgan fingerprint density at radius 1 is 1.00 bits per heavy atom. The van der Waals surface area contributed by atoms with Gasteiger partial charge < -0.3 is 20.1 Å². The highest BCUT2D eigenvalue weighted by molar-refractivity contribution is 6.05. The fourth-order valence-electron chi connectivity index (χ4n) is 3.74. The van der Waals surface area contributed by atoms with Gasteiger partial charge in [-0.15, -0.1) is 0 Å². The number of para-hydroxylation sites is 2. The van der Waals surface area contributed by atoms with Crippen molar-refractivity contribution in [2.45, 2.75) is 25.1 Å². The average molecular weight is 387 g/mol. The molecule has 29 heavy (non-hydrogen) atoms. The summed E-state index contributed by atoms with van der Waals surface area (Å²) in [5.74, 6) is 1.16. The molecule has 1 aromatic heterocycles. The molecule has 6 heteroatoms. The second kappa shape index (κ2) is 7.56. The summed E-state index contributed by atoms with van der Waals surface area (Å²) in [5.41, 5.74) is 3.43. The van der Waals surface area contributed by atoms with Crippen LogP contribution in [-0.2, 0) is 4.74 Å². The molecule has 1 fully saturated rings. The lowest BCUT2D eigenvalue weighted by atomic mass is 10.1. The number of pyridine rings is 1. The topological polar surface area (TPSA) is 72.5 Å². The number of Topliss-reactive ketones (excluding diaryl/α,β-unsaturated/α-hetero) is 1. The quantitative estimate of drug-likeness (QED) is 0.615. The Morgan fingerprint density at radius 2 is 1.76 bits per heavy atom. The van der Waals surface area contributed by atoms with Crippen molar-refractivity contribution in [1.82, 2.24) is 4.98 Å². The van der Waals surface area contributed by atoms with Gasteiger partial charge >= 0.3 is 0 Å². The van der Waals surface area contributed by atoms with E-state index in [1.165, 1.54) is 0 Å². The van der Waals surface area contributed by atoms with Crippen LogP contribution in [0.1, 0.15) is 34.9 Å². The van der Waals surface area contributed by atoms with Crippen molar-refractivity contribution in [3.63, 3.8) is 0 Å². The molecule has 0 bridgehead atoms. The predicted molar refractivity (Wildman–Crippen MR) is 110 cm³/mol.